The van der Waals surface area contributed by atoms with Crippen molar-refractivity contribution in [2.45, 2.75) is 45.8 Å². The molecule has 1 amide bonds. The van der Waals surface area contributed by atoms with Crippen molar-refractivity contribution in [1.29, 1.82) is 0 Å². The van der Waals surface area contributed by atoms with Crippen LogP contribution in [0.2, 0.25) is 5.02 Å². The lowest BCUT2D eigenvalue weighted by molar-refractivity contribution is 0.156. The SMILES string of the molecule is COc1cc(Cl)ccc1-c1nc(C)c(COC(=O)Nc2ccc3c(c2)nc2n3C(C)CCC2)s1. The molecule has 2 aromatic heterocycles. The number of thiazole rings is 1. The molecule has 0 bridgehead atoms. The van der Waals surface area contributed by atoms with Crippen molar-refractivity contribution in [3.05, 3.63) is 57.8 Å². The van der Waals surface area contributed by atoms with Crippen LogP contribution in [0.4, 0.5) is 10.5 Å². The zero-order valence-corrected chi connectivity index (χ0v) is 20.8. The number of halogens is 1. The van der Waals surface area contributed by atoms with E-state index in [0.29, 0.717) is 22.5 Å². The summed E-state index contributed by atoms with van der Waals surface area (Å²) in [5.74, 6) is 1.76. The average molecular weight is 497 g/mol. The summed E-state index contributed by atoms with van der Waals surface area (Å²) in [6, 6.07) is 11.7. The van der Waals surface area contributed by atoms with Crippen LogP contribution in [0.15, 0.2) is 36.4 Å². The zero-order valence-electron chi connectivity index (χ0n) is 19.2. The summed E-state index contributed by atoms with van der Waals surface area (Å²) < 4.78 is 13.2. The number of benzene rings is 2. The number of methoxy groups -OCH3 is 1. The second kappa shape index (κ2) is 9.27. The average Bonchev–Trinajstić information content (AvgIpc) is 3.37. The Morgan fingerprint density at radius 2 is 2.12 bits per heavy atom. The predicted octanol–water partition coefficient (Wildman–Crippen LogP) is 6.78. The van der Waals surface area contributed by atoms with E-state index in [1.165, 1.54) is 11.3 Å². The minimum absolute atomic E-state index is 0.129. The molecule has 9 heteroatoms. The van der Waals surface area contributed by atoms with Crippen LogP contribution in [-0.2, 0) is 17.8 Å². The summed E-state index contributed by atoms with van der Waals surface area (Å²) >= 11 is 7.53. The van der Waals surface area contributed by atoms with Gasteiger partial charge in [-0.1, -0.05) is 11.6 Å². The lowest BCUT2D eigenvalue weighted by Crippen LogP contribution is -2.15. The highest BCUT2D eigenvalue weighted by molar-refractivity contribution is 7.15. The molecule has 1 atom stereocenters. The Bertz CT molecular complexity index is 1380. The van der Waals surface area contributed by atoms with Gasteiger partial charge in [0.25, 0.3) is 0 Å². The van der Waals surface area contributed by atoms with E-state index in [2.05, 4.69) is 21.8 Å². The molecule has 0 saturated heterocycles. The van der Waals surface area contributed by atoms with Crippen LogP contribution in [-0.4, -0.2) is 27.7 Å². The van der Waals surface area contributed by atoms with Gasteiger partial charge in [-0.05, 0) is 63.1 Å². The van der Waals surface area contributed by atoms with Gasteiger partial charge in [0.15, 0.2) is 0 Å². The van der Waals surface area contributed by atoms with Gasteiger partial charge in [-0.25, -0.2) is 14.8 Å². The fourth-order valence-corrected chi connectivity index (χ4v) is 5.55. The van der Waals surface area contributed by atoms with E-state index in [0.717, 1.165) is 57.3 Å². The van der Waals surface area contributed by atoms with Crippen LogP contribution in [0.25, 0.3) is 21.6 Å². The van der Waals surface area contributed by atoms with Crippen LogP contribution in [0, 0.1) is 6.92 Å². The fraction of sp³-hybridized carbons (Fsp3) is 0.320. The number of rotatable bonds is 5. The zero-order chi connectivity index (χ0) is 23.8. The van der Waals surface area contributed by atoms with E-state index >= 15 is 0 Å². The standard InChI is InChI=1S/C25H25ClN4O3S/c1-14-5-4-6-23-29-19-12-17(8-10-20(19)30(14)23)28-25(31)33-13-22-15(2)27-24(34-22)18-9-7-16(26)11-21(18)32-3/h7-12,14H,4-6,13H2,1-3H3,(H,28,31). The number of anilines is 1. The van der Waals surface area contributed by atoms with Crippen LogP contribution in [0.5, 0.6) is 5.75 Å². The second-order valence-electron chi connectivity index (χ2n) is 8.42. The Hall–Kier alpha value is -3.10. The number of carbonyl (C=O) groups excluding carboxylic acids is 1. The van der Waals surface area contributed by atoms with Crippen LogP contribution in [0.3, 0.4) is 0 Å². The summed E-state index contributed by atoms with van der Waals surface area (Å²) in [4.78, 5) is 22.8. The molecule has 2 aromatic carbocycles. The van der Waals surface area contributed by atoms with Gasteiger partial charge in [0.1, 0.15) is 23.2 Å². The topological polar surface area (TPSA) is 78.3 Å². The number of nitrogens with zero attached hydrogens (tertiary/aromatic N) is 3. The molecule has 3 heterocycles. The predicted molar refractivity (Wildman–Crippen MR) is 135 cm³/mol. The first-order valence-corrected chi connectivity index (χ1v) is 12.4. The number of hydrogen-bond donors (Lipinski definition) is 1. The Kier molecular flexibility index (Phi) is 6.18. The molecule has 1 aliphatic rings. The molecule has 1 aliphatic heterocycles. The van der Waals surface area contributed by atoms with E-state index in [1.54, 1.807) is 19.2 Å². The van der Waals surface area contributed by atoms with Crippen molar-refractivity contribution in [3.8, 4) is 16.3 Å². The number of amides is 1. The highest BCUT2D eigenvalue weighted by Gasteiger charge is 2.20. The van der Waals surface area contributed by atoms with E-state index in [4.69, 9.17) is 26.1 Å². The normalized spacial score (nSPS) is 15.2. The third kappa shape index (κ3) is 4.35. The lowest BCUT2D eigenvalue weighted by atomic mass is 10.1. The largest absolute Gasteiger partial charge is 0.496 e. The Balaban J connectivity index is 1.27. The minimum Gasteiger partial charge on any atom is -0.496 e. The maximum absolute atomic E-state index is 12.5. The minimum atomic E-state index is -0.518. The number of carbonyl (C=O) groups is 1. The van der Waals surface area contributed by atoms with Gasteiger partial charge in [0, 0.05) is 23.2 Å². The van der Waals surface area contributed by atoms with Gasteiger partial charge < -0.3 is 14.0 Å². The van der Waals surface area contributed by atoms with Crippen molar-refractivity contribution in [1.82, 2.24) is 14.5 Å². The van der Waals surface area contributed by atoms with Gasteiger partial charge in [-0.15, -0.1) is 11.3 Å². The molecule has 0 radical (unpaired) electrons. The van der Waals surface area contributed by atoms with Gasteiger partial charge >= 0.3 is 6.09 Å². The van der Waals surface area contributed by atoms with Crippen LogP contribution in [0.1, 0.15) is 42.2 Å². The molecule has 4 aromatic rings. The summed E-state index contributed by atoms with van der Waals surface area (Å²) in [6.07, 6.45) is 2.79. The van der Waals surface area contributed by atoms with Gasteiger partial charge in [0.2, 0.25) is 0 Å². The number of fused-ring (bicyclic) bond motifs is 3. The Morgan fingerprint density at radius 1 is 1.26 bits per heavy atom. The smallest absolute Gasteiger partial charge is 0.411 e. The lowest BCUT2D eigenvalue weighted by Gasteiger charge is -2.22. The van der Waals surface area contributed by atoms with Crippen molar-refractivity contribution in [3.63, 3.8) is 0 Å². The van der Waals surface area contributed by atoms with Gasteiger partial charge in [-0.2, -0.15) is 0 Å². The number of aromatic nitrogens is 3. The third-order valence-electron chi connectivity index (χ3n) is 6.09. The van der Waals surface area contributed by atoms with Crippen molar-refractivity contribution in [2.24, 2.45) is 0 Å². The molecule has 0 aliphatic carbocycles. The van der Waals surface area contributed by atoms with Crippen molar-refractivity contribution in [2.75, 3.05) is 12.4 Å². The van der Waals surface area contributed by atoms with E-state index < -0.39 is 6.09 Å². The maximum Gasteiger partial charge on any atom is 0.411 e. The molecule has 7 nitrogen and oxygen atoms in total. The second-order valence-corrected chi connectivity index (χ2v) is 9.94. The summed E-state index contributed by atoms with van der Waals surface area (Å²) in [5.41, 5.74) is 4.31. The molecular formula is C25H25ClN4O3S. The van der Waals surface area contributed by atoms with Crippen molar-refractivity contribution < 1.29 is 14.3 Å². The molecule has 5 rings (SSSR count). The Labute approximate surface area is 206 Å². The summed E-state index contributed by atoms with van der Waals surface area (Å²) in [7, 11) is 1.60. The molecule has 1 unspecified atom stereocenters. The highest BCUT2D eigenvalue weighted by Crippen LogP contribution is 2.36. The molecular weight excluding hydrogens is 472 g/mol. The first-order valence-electron chi connectivity index (χ1n) is 11.2. The van der Waals surface area contributed by atoms with Gasteiger partial charge in [0.05, 0.1) is 34.3 Å². The van der Waals surface area contributed by atoms with Gasteiger partial charge in [-0.3, -0.25) is 5.32 Å². The number of hydrogen-bond acceptors (Lipinski definition) is 6. The number of aryl methyl sites for hydroxylation is 2. The molecule has 176 valence electrons. The first-order chi connectivity index (χ1) is 16.4. The van der Waals surface area contributed by atoms with E-state index in [-0.39, 0.29) is 6.61 Å². The van der Waals surface area contributed by atoms with E-state index in [9.17, 15) is 4.79 Å². The fourth-order valence-electron chi connectivity index (χ4n) is 4.38. The number of nitrogens with one attached hydrogen (secondary N) is 1. The van der Waals surface area contributed by atoms with E-state index in [1.807, 2.05) is 31.2 Å². The molecule has 1 N–H and O–H groups in total. The highest BCUT2D eigenvalue weighted by atomic mass is 35.5. The monoisotopic (exact) mass is 496 g/mol. The quantitative estimate of drug-likeness (QED) is 0.329. The molecule has 0 spiro atoms. The third-order valence-corrected chi connectivity index (χ3v) is 7.49. The van der Waals surface area contributed by atoms with Crippen LogP contribution >= 0.6 is 22.9 Å². The maximum atomic E-state index is 12.5. The molecule has 34 heavy (non-hydrogen) atoms. The summed E-state index contributed by atoms with van der Waals surface area (Å²) in [5, 5.41) is 4.20. The first kappa shape index (κ1) is 22.7. The Morgan fingerprint density at radius 3 is 2.94 bits per heavy atom. The number of ether oxygens (including phenoxy) is 2. The number of imidazole rings is 1. The van der Waals surface area contributed by atoms with Crippen LogP contribution < -0.4 is 10.1 Å². The summed E-state index contributed by atoms with van der Waals surface area (Å²) in [6.45, 7) is 4.25. The molecule has 0 fully saturated rings. The molecule has 0 saturated carbocycles. The van der Waals surface area contributed by atoms with Crippen molar-refractivity contribution >= 4 is 45.8 Å².